The van der Waals surface area contributed by atoms with Crippen LogP contribution in [0.1, 0.15) is 45.0 Å². The Labute approximate surface area is 216 Å². The summed E-state index contributed by atoms with van der Waals surface area (Å²) in [6, 6.07) is 15.1. The number of rotatable bonds is 5. The van der Waals surface area contributed by atoms with Crippen molar-refractivity contribution in [1.82, 2.24) is 14.8 Å². The smallest absolute Gasteiger partial charge is 0.262 e. The third-order valence-electron chi connectivity index (χ3n) is 6.76. The van der Waals surface area contributed by atoms with Gasteiger partial charge in [0.15, 0.2) is 0 Å². The number of aromatic nitrogens is 1. The van der Waals surface area contributed by atoms with Crippen LogP contribution < -0.4 is 5.32 Å². The van der Waals surface area contributed by atoms with Gasteiger partial charge in [-0.25, -0.2) is 4.98 Å². The topological polar surface area (TPSA) is 82.6 Å². The zero-order valence-corrected chi connectivity index (χ0v) is 21.5. The summed E-state index contributed by atoms with van der Waals surface area (Å²) in [7, 11) is 0. The molecule has 1 N–H and O–H groups in total. The highest BCUT2D eigenvalue weighted by atomic mass is 32.1. The minimum absolute atomic E-state index is 0.327. The second-order valence-electron chi connectivity index (χ2n) is 9.30. The summed E-state index contributed by atoms with van der Waals surface area (Å²) in [6.45, 7) is 5.83. The molecule has 3 amide bonds. The fourth-order valence-electron chi connectivity index (χ4n) is 4.85. The number of carbonyl (C=O) groups excluding carboxylic acids is 3. The van der Waals surface area contributed by atoms with E-state index in [1.165, 1.54) is 10.4 Å². The van der Waals surface area contributed by atoms with Crippen LogP contribution in [0.25, 0.3) is 20.8 Å². The van der Waals surface area contributed by atoms with E-state index in [4.69, 9.17) is 4.98 Å². The van der Waals surface area contributed by atoms with Crippen LogP contribution in [0, 0.1) is 0 Å². The summed E-state index contributed by atoms with van der Waals surface area (Å²) in [6.07, 6.45) is 0.879. The number of amides is 3. The zero-order valence-electron chi connectivity index (χ0n) is 19.9. The number of para-hydroxylation sites is 1. The van der Waals surface area contributed by atoms with Gasteiger partial charge in [0.05, 0.1) is 21.3 Å². The minimum Gasteiger partial charge on any atom is -0.316 e. The summed E-state index contributed by atoms with van der Waals surface area (Å²) in [4.78, 5) is 48.2. The quantitative estimate of drug-likeness (QED) is 0.377. The Balaban J connectivity index is 1.33. The monoisotopic (exact) mass is 516 g/mol. The van der Waals surface area contributed by atoms with Gasteiger partial charge in [0.1, 0.15) is 16.6 Å². The second-order valence-corrected chi connectivity index (χ2v) is 11.4. The van der Waals surface area contributed by atoms with Crippen LogP contribution in [0.2, 0.25) is 0 Å². The number of anilines is 1. The molecule has 2 aliphatic heterocycles. The Morgan fingerprint density at radius 1 is 1.03 bits per heavy atom. The first-order valence-corrected chi connectivity index (χ1v) is 13.5. The van der Waals surface area contributed by atoms with E-state index in [0.29, 0.717) is 17.2 Å². The van der Waals surface area contributed by atoms with Gasteiger partial charge in [0.25, 0.3) is 11.8 Å². The number of thiazole rings is 1. The molecular weight excluding hydrogens is 492 g/mol. The van der Waals surface area contributed by atoms with Crippen LogP contribution in [0.15, 0.2) is 48.5 Å². The van der Waals surface area contributed by atoms with E-state index >= 15 is 0 Å². The van der Waals surface area contributed by atoms with E-state index < -0.39 is 17.7 Å². The average Bonchev–Trinajstić information content (AvgIpc) is 3.52. The lowest BCUT2D eigenvalue weighted by molar-refractivity contribution is -0.116. The van der Waals surface area contributed by atoms with E-state index in [1.807, 2.05) is 18.2 Å². The third kappa shape index (κ3) is 3.84. The fraction of sp³-hybridized carbons (Fsp3) is 0.259. The maximum absolute atomic E-state index is 13.2. The van der Waals surface area contributed by atoms with Crippen molar-refractivity contribution in [3.63, 3.8) is 0 Å². The van der Waals surface area contributed by atoms with Crippen LogP contribution in [-0.2, 0) is 17.8 Å². The highest BCUT2D eigenvalue weighted by molar-refractivity contribution is 7.22. The number of carbonyl (C=O) groups is 3. The predicted octanol–water partition coefficient (Wildman–Crippen LogP) is 5.03. The van der Waals surface area contributed by atoms with Crippen molar-refractivity contribution in [3.8, 4) is 10.6 Å². The van der Waals surface area contributed by atoms with Gasteiger partial charge in [-0.1, -0.05) is 24.3 Å². The summed E-state index contributed by atoms with van der Waals surface area (Å²) in [5.41, 5.74) is 3.80. The number of hydrogen-bond donors (Lipinski definition) is 1. The summed E-state index contributed by atoms with van der Waals surface area (Å²) in [5, 5.41) is 4.64. The number of benzene rings is 2. The SMILES string of the molecule is CC(C)N1CCc2c(sc(NC(=O)CN3C(=O)c4ccccc4C3=O)c2-c2nc3ccccc3s2)C1. The van der Waals surface area contributed by atoms with Crippen LogP contribution in [0.4, 0.5) is 5.00 Å². The Morgan fingerprint density at radius 2 is 1.72 bits per heavy atom. The number of nitrogens with one attached hydrogen (secondary N) is 1. The van der Waals surface area contributed by atoms with Gasteiger partial charge in [-0.05, 0) is 50.1 Å². The minimum atomic E-state index is -0.435. The predicted molar refractivity (Wildman–Crippen MR) is 143 cm³/mol. The van der Waals surface area contributed by atoms with E-state index in [9.17, 15) is 14.4 Å². The lowest BCUT2D eigenvalue weighted by atomic mass is 10.0. The maximum Gasteiger partial charge on any atom is 0.262 e. The molecule has 0 atom stereocenters. The Hall–Kier alpha value is -3.40. The first kappa shape index (κ1) is 23.0. The molecule has 2 aromatic carbocycles. The van der Waals surface area contributed by atoms with Gasteiger partial charge in [-0.3, -0.25) is 24.2 Å². The highest BCUT2D eigenvalue weighted by Gasteiger charge is 2.37. The van der Waals surface area contributed by atoms with Gasteiger partial charge < -0.3 is 5.32 Å². The van der Waals surface area contributed by atoms with Crippen molar-refractivity contribution in [3.05, 3.63) is 70.1 Å². The number of imide groups is 1. The molecule has 0 spiro atoms. The normalized spacial score (nSPS) is 15.6. The molecule has 0 bridgehead atoms. The molecule has 0 saturated carbocycles. The molecule has 0 radical (unpaired) electrons. The summed E-state index contributed by atoms with van der Waals surface area (Å²) >= 11 is 3.18. The molecule has 2 aromatic heterocycles. The van der Waals surface area contributed by atoms with Gasteiger partial charge in [-0.15, -0.1) is 22.7 Å². The molecule has 6 rings (SSSR count). The molecule has 0 fully saturated rings. The van der Waals surface area contributed by atoms with Crippen molar-refractivity contribution in [2.75, 3.05) is 18.4 Å². The molecule has 0 aliphatic carbocycles. The molecule has 4 heterocycles. The van der Waals surface area contributed by atoms with Gasteiger partial charge in [0, 0.05) is 29.6 Å². The molecule has 9 heteroatoms. The molecule has 36 heavy (non-hydrogen) atoms. The molecular formula is C27H24N4O3S2. The largest absolute Gasteiger partial charge is 0.316 e. The van der Waals surface area contributed by atoms with Crippen molar-refractivity contribution in [1.29, 1.82) is 0 Å². The van der Waals surface area contributed by atoms with Gasteiger partial charge in [0.2, 0.25) is 5.91 Å². The maximum atomic E-state index is 13.2. The lowest BCUT2D eigenvalue weighted by Crippen LogP contribution is -2.37. The molecule has 7 nitrogen and oxygen atoms in total. The zero-order chi connectivity index (χ0) is 25.0. The van der Waals surface area contributed by atoms with Crippen molar-refractivity contribution >= 4 is 55.6 Å². The molecule has 4 aromatic rings. The van der Waals surface area contributed by atoms with Gasteiger partial charge in [-0.2, -0.15) is 0 Å². The van der Waals surface area contributed by atoms with Crippen molar-refractivity contribution in [2.24, 2.45) is 0 Å². The Morgan fingerprint density at radius 3 is 2.42 bits per heavy atom. The third-order valence-corrected chi connectivity index (χ3v) is 8.94. The van der Waals surface area contributed by atoms with E-state index in [1.54, 1.807) is 46.9 Å². The first-order valence-electron chi connectivity index (χ1n) is 11.9. The highest BCUT2D eigenvalue weighted by Crippen LogP contribution is 2.46. The van der Waals surface area contributed by atoms with E-state index in [2.05, 4.69) is 30.1 Å². The number of hydrogen-bond acceptors (Lipinski definition) is 7. The Bertz CT molecular complexity index is 1470. The molecule has 0 unspecified atom stereocenters. The molecule has 2 aliphatic rings. The van der Waals surface area contributed by atoms with Crippen LogP contribution in [0.5, 0.6) is 0 Å². The van der Waals surface area contributed by atoms with Gasteiger partial charge >= 0.3 is 0 Å². The van der Waals surface area contributed by atoms with E-state index in [0.717, 1.165) is 50.2 Å². The standard InChI is InChI=1S/C27H24N4O3S2/c1-15(2)30-12-11-18-21(13-30)36-25(23(18)24-28-19-9-5-6-10-20(19)35-24)29-22(32)14-31-26(33)16-7-3-4-8-17(16)27(31)34/h3-10,15H,11-14H2,1-2H3,(H,29,32). The van der Waals surface area contributed by atoms with Crippen molar-refractivity contribution < 1.29 is 14.4 Å². The lowest BCUT2D eigenvalue weighted by Gasteiger charge is -2.30. The Kier molecular flexibility index (Phi) is 5.70. The second kappa shape index (κ2) is 8.92. The van der Waals surface area contributed by atoms with Crippen LogP contribution in [-0.4, -0.2) is 51.6 Å². The number of fused-ring (bicyclic) bond motifs is 3. The summed E-state index contributed by atoms with van der Waals surface area (Å²) < 4.78 is 1.09. The van der Waals surface area contributed by atoms with Crippen molar-refractivity contribution in [2.45, 2.75) is 32.9 Å². The van der Waals surface area contributed by atoms with Crippen LogP contribution in [0.3, 0.4) is 0 Å². The summed E-state index contributed by atoms with van der Waals surface area (Å²) in [5.74, 6) is -1.27. The molecule has 0 saturated heterocycles. The first-order chi connectivity index (χ1) is 17.4. The molecule has 182 valence electrons. The van der Waals surface area contributed by atoms with Crippen LogP contribution >= 0.6 is 22.7 Å². The number of thiophene rings is 1. The van der Waals surface area contributed by atoms with E-state index in [-0.39, 0.29) is 6.54 Å². The fourth-order valence-corrected chi connectivity index (χ4v) is 7.25. The average molecular weight is 517 g/mol. The number of nitrogens with zero attached hydrogens (tertiary/aromatic N) is 3.